The number of aliphatic hydroxyl groups excluding tert-OH is 2. The molecular weight excluding hydrogens is 364 g/mol. The maximum atomic E-state index is 9.83. The lowest BCUT2D eigenvalue weighted by Crippen LogP contribution is -2.42. The van der Waals surface area contributed by atoms with Gasteiger partial charge in [-0.05, 0) is 18.8 Å². The van der Waals surface area contributed by atoms with Crippen molar-refractivity contribution in [1.82, 2.24) is 0 Å². The van der Waals surface area contributed by atoms with Gasteiger partial charge < -0.3 is 19.7 Å². The largest absolute Gasteiger partial charge is 0.390 e. The van der Waals surface area contributed by atoms with Gasteiger partial charge in [0, 0.05) is 6.42 Å². The first kappa shape index (κ1) is 26.9. The first-order chi connectivity index (χ1) is 14.2. The molecule has 0 radical (unpaired) electrons. The van der Waals surface area contributed by atoms with Crippen molar-refractivity contribution >= 4 is 0 Å². The fourth-order valence-corrected chi connectivity index (χ4v) is 4.19. The molecule has 1 saturated heterocycles. The van der Waals surface area contributed by atoms with Crippen LogP contribution < -0.4 is 0 Å². The quantitative estimate of drug-likeness (QED) is 0.241. The number of ether oxygens (including phenoxy) is 2. The lowest BCUT2D eigenvalue weighted by atomic mass is 9.94. The summed E-state index contributed by atoms with van der Waals surface area (Å²) in [5.74, 6) is 0.592. The molecule has 1 aliphatic rings. The lowest BCUT2D eigenvalue weighted by Gasteiger charge is -2.31. The number of hydrogen-bond donors (Lipinski definition) is 2. The second-order valence-electron chi connectivity index (χ2n) is 9.15. The fraction of sp³-hybridized carbons (Fsp3) is 1.00. The van der Waals surface area contributed by atoms with Crippen LogP contribution in [0.5, 0.6) is 0 Å². The molecule has 29 heavy (non-hydrogen) atoms. The molecule has 4 heteroatoms. The minimum Gasteiger partial charge on any atom is -0.390 e. The van der Waals surface area contributed by atoms with E-state index in [1.807, 2.05) is 0 Å². The summed E-state index contributed by atoms with van der Waals surface area (Å²) in [6.07, 6.45) is 19.9. The molecule has 174 valence electrons. The minimum absolute atomic E-state index is 0.173. The Morgan fingerprint density at radius 2 is 1.21 bits per heavy atom. The van der Waals surface area contributed by atoms with Gasteiger partial charge in [-0.2, -0.15) is 0 Å². The third-order valence-electron chi connectivity index (χ3n) is 6.28. The standard InChI is InChI=1S/C25H50O4/c1-3-5-7-9-11-12-14-16-18-22(17-15-13-10-8-6-4-2)20-28-25-19-23(26)24(27)21-29-25/h22-27H,3-21H2,1-2H3. The fourth-order valence-electron chi connectivity index (χ4n) is 4.19. The van der Waals surface area contributed by atoms with Crippen molar-refractivity contribution in [2.45, 2.75) is 141 Å². The Morgan fingerprint density at radius 1 is 0.724 bits per heavy atom. The first-order valence-corrected chi connectivity index (χ1v) is 12.8. The molecule has 0 saturated carbocycles. The molecule has 0 aliphatic carbocycles. The van der Waals surface area contributed by atoms with Gasteiger partial charge in [-0.25, -0.2) is 0 Å². The normalized spacial score (nSPS) is 23.4. The van der Waals surface area contributed by atoms with E-state index in [0.29, 0.717) is 12.3 Å². The molecule has 4 nitrogen and oxygen atoms in total. The molecule has 0 aromatic rings. The van der Waals surface area contributed by atoms with E-state index in [1.54, 1.807) is 0 Å². The highest BCUT2D eigenvalue weighted by Gasteiger charge is 2.29. The van der Waals surface area contributed by atoms with Gasteiger partial charge in [0.2, 0.25) is 0 Å². The van der Waals surface area contributed by atoms with Crippen LogP contribution in [0.3, 0.4) is 0 Å². The van der Waals surface area contributed by atoms with E-state index in [1.165, 1.54) is 103 Å². The van der Waals surface area contributed by atoms with Crippen molar-refractivity contribution < 1.29 is 19.7 Å². The SMILES string of the molecule is CCCCCCCCCCC(CCCCCCCC)COC1CC(O)C(O)CO1. The Balaban J connectivity index is 2.21. The van der Waals surface area contributed by atoms with Crippen LogP contribution in [0.25, 0.3) is 0 Å². The van der Waals surface area contributed by atoms with Gasteiger partial charge >= 0.3 is 0 Å². The second-order valence-corrected chi connectivity index (χ2v) is 9.15. The average Bonchev–Trinajstić information content (AvgIpc) is 2.72. The first-order valence-electron chi connectivity index (χ1n) is 12.8. The van der Waals surface area contributed by atoms with E-state index >= 15 is 0 Å². The molecule has 4 atom stereocenters. The summed E-state index contributed by atoms with van der Waals surface area (Å²) in [4.78, 5) is 0. The summed E-state index contributed by atoms with van der Waals surface area (Å²) in [7, 11) is 0. The van der Waals surface area contributed by atoms with E-state index in [9.17, 15) is 10.2 Å². The molecule has 1 heterocycles. The van der Waals surface area contributed by atoms with Crippen molar-refractivity contribution in [3.8, 4) is 0 Å². The Bertz CT molecular complexity index is 350. The summed E-state index contributed by atoms with van der Waals surface area (Å²) in [6.45, 7) is 5.43. The monoisotopic (exact) mass is 414 g/mol. The average molecular weight is 415 g/mol. The van der Waals surface area contributed by atoms with Gasteiger partial charge in [0.1, 0.15) is 6.10 Å². The highest BCUT2D eigenvalue weighted by molar-refractivity contribution is 4.74. The summed E-state index contributed by atoms with van der Waals surface area (Å²) in [6, 6.07) is 0. The number of unbranched alkanes of at least 4 members (excludes halogenated alkanes) is 12. The third-order valence-corrected chi connectivity index (χ3v) is 6.28. The van der Waals surface area contributed by atoms with Crippen LogP contribution in [-0.2, 0) is 9.47 Å². The van der Waals surface area contributed by atoms with E-state index in [2.05, 4.69) is 13.8 Å². The summed E-state index contributed by atoms with van der Waals surface area (Å²) in [5.41, 5.74) is 0. The highest BCUT2D eigenvalue weighted by atomic mass is 16.7. The van der Waals surface area contributed by atoms with Crippen LogP contribution in [0.4, 0.5) is 0 Å². The van der Waals surface area contributed by atoms with Crippen LogP contribution in [0.1, 0.15) is 123 Å². The predicted molar refractivity (Wildman–Crippen MR) is 121 cm³/mol. The molecule has 0 aromatic carbocycles. The van der Waals surface area contributed by atoms with Crippen LogP contribution in [0.15, 0.2) is 0 Å². The van der Waals surface area contributed by atoms with Crippen molar-refractivity contribution in [3.05, 3.63) is 0 Å². The summed E-state index contributed by atoms with van der Waals surface area (Å²) >= 11 is 0. The predicted octanol–water partition coefficient (Wildman–Crippen LogP) is 6.37. The number of hydrogen-bond acceptors (Lipinski definition) is 4. The second kappa shape index (κ2) is 18.6. The Kier molecular flexibility index (Phi) is 17.2. The van der Waals surface area contributed by atoms with E-state index in [4.69, 9.17) is 9.47 Å². The minimum atomic E-state index is -0.772. The van der Waals surface area contributed by atoms with E-state index in [0.717, 1.165) is 6.61 Å². The molecule has 1 fully saturated rings. The van der Waals surface area contributed by atoms with E-state index in [-0.39, 0.29) is 12.9 Å². The molecule has 0 amide bonds. The molecule has 1 rings (SSSR count). The van der Waals surface area contributed by atoms with Gasteiger partial charge in [-0.1, -0.05) is 104 Å². The van der Waals surface area contributed by atoms with Gasteiger partial charge in [0.05, 0.1) is 19.3 Å². The maximum Gasteiger partial charge on any atom is 0.160 e. The van der Waals surface area contributed by atoms with Gasteiger partial charge in [0.15, 0.2) is 6.29 Å². The van der Waals surface area contributed by atoms with Crippen LogP contribution in [0.2, 0.25) is 0 Å². The molecule has 0 aromatic heterocycles. The zero-order valence-corrected chi connectivity index (χ0v) is 19.5. The Labute approximate surface area is 180 Å². The lowest BCUT2D eigenvalue weighted by molar-refractivity contribution is -0.220. The zero-order chi connectivity index (χ0) is 21.2. The van der Waals surface area contributed by atoms with Crippen LogP contribution >= 0.6 is 0 Å². The molecule has 0 bridgehead atoms. The topological polar surface area (TPSA) is 58.9 Å². The number of aliphatic hydroxyl groups is 2. The molecule has 4 unspecified atom stereocenters. The van der Waals surface area contributed by atoms with Crippen molar-refractivity contribution in [3.63, 3.8) is 0 Å². The van der Waals surface area contributed by atoms with Gasteiger partial charge in [-0.3, -0.25) is 0 Å². The summed E-state index contributed by atoms with van der Waals surface area (Å²) < 4.78 is 11.5. The van der Waals surface area contributed by atoms with E-state index < -0.39 is 12.2 Å². The molecular formula is C25H50O4. The molecule has 0 spiro atoms. The van der Waals surface area contributed by atoms with Gasteiger partial charge in [-0.15, -0.1) is 0 Å². The zero-order valence-electron chi connectivity index (χ0n) is 19.5. The molecule has 1 aliphatic heterocycles. The Hall–Kier alpha value is -0.160. The van der Waals surface area contributed by atoms with Crippen molar-refractivity contribution in [2.24, 2.45) is 5.92 Å². The van der Waals surface area contributed by atoms with Crippen LogP contribution in [0, 0.1) is 5.92 Å². The highest BCUT2D eigenvalue weighted by Crippen LogP contribution is 2.22. The van der Waals surface area contributed by atoms with Crippen LogP contribution in [-0.4, -0.2) is 41.9 Å². The number of rotatable bonds is 19. The third kappa shape index (κ3) is 14.5. The van der Waals surface area contributed by atoms with Crippen molar-refractivity contribution in [1.29, 1.82) is 0 Å². The smallest absolute Gasteiger partial charge is 0.160 e. The van der Waals surface area contributed by atoms with Gasteiger partial charge in [0.25, 0.3) is 0 Å². The maximum absolute atomic E-state index is 9.83. The van der Waals surface area contributed by atoms with Crippen molar-refractivity contribution in [2.75, 3.05) is 13.2 Å². The molecule has 2 N–H and O–H groups in total. The summed E-state index contributed by atoms with van der Waals surface area (Å²) in [5, 5.41) is 19.4. The Morgan fingerprint density at radius 3 is 1.69 bits per heavy atom.